The molecular weight excluding hydrogens is 236 g/mol. The van der Waals surface area contributed by atoms with Crippen LogP contribution in [0.4, 0.5) is 0 Å². The molecule has 4 heteroatoms. The molecule has 0 bridgehead atoms. The van der Waals surface area contributed by atoms with E-state index in [2.05, 4.69) is 34.6 Å². The highest BCUT2D eigenvalue weighted by Crippen LogP contribution is 2.27. The average Bonchev–Trinajstić information content (AvgIpc) is 2.74. The van der Waals surface area contributed by atoms with E-state index >= 15 is 0 Å². The Balaban J connectivity index is 1.73. The van der Waals surface area contributed by atoms with E-state index in [-0.39, 0.29) is 0 Å². The molecule has 0 spiro atoms. The first-order valence-corrected chi connectivity index (χ1v) is 6.90. The van der Waals surface area contributed by atoms with E-state index < -0.39 is 0 Å². The number of nitrogens with zero attached hydrogens (tertiary/aromatic N) is 3. The van der Waals surface area contributed by atoms with Crippen LogP contribution < -0.4 is 5.32 Å². The van der Waals surface area contributed by atoms with Crippen molar-refractivity contribution in [3.05, 3.63) is 47.0 Å². The van der Waals surface area contributed by atoms with Gasteiger partial charge in [-0.3, -0.25) is 9.67 Å². The van der Waals surface area contributed by atoms with Crippen LogP contribution in [0.2, 0.25) is 0 Å². The number of fused-ring (bicyclic) bond motifs is 1. The molecule has 0 saturated carbocycles. The van der Waals surface area contributed by atoms with Crippen molar-refractivity contribution in [2.45, 2.75) is 38.8 Å². The Kier molecular flexibility index (Phi) is 3.34. The normalized spacial score (nSPS) is 18.3. The highest BCUT2D eigenvalue weighted by molar-refractivity contribution is 5.26. The topological polar surface area (TPSA) is 42.7 Å². The molecule has 2 heterocycles. The van der Waals surface area contributed by atoms with E-state index in [1.807, 2.05) is 24.0 Å². The maximum absolute atomic E-state index is 4.56. The predicted molar refractivity (Wildman–Crippen MR) is 74.7 cm³/mol. The number of rotatable bonds is 3. The van der Waals surface area contributed by atoms with Gasteiger partial charge in [0.2, 0.25) is 0 Å². The van der Waals surface area contributed by atoms with Crippen LogP contribution in [-0.4, -0.2) is 14.8 Å². The lowest BCUT2D eigenvalue weighted by atomic mass is 9.92. The van der Waals surface area contributed by atoms with Crippen molar-refractivity contribution >= 4 is 0 Å². The van der Waals surface area contributed by atoms with E-state index in [0.29, 0.717) is 6.04 Å². The molecule has 0 radical (unpaired) electrons. The minimum absolute atomic E-state index is 0.379. The maximum atomic E-state index is 4.56. The largest absolute Gasteiger partial charge is 0.304 e. The number of pyridine rings is 1. The van der Waals surface area contributed by atoms with Gasteiger partial charge >= 0.3 is 0 Å². The fraction of sp³-hybridized carbons (Fsp3) is 0.467. The number of hydrogen-bond acceptors (Lipinski definition) is 3. The van der Waals surface area contributed by atoms with Gasteiger partial charge in [-0.1, -0.05) is 6.07 Å². The number of aryl methyl sites for hydroxylation is 3. The summed E-state index contributed by atoms with van der Waals surface area (Å²) < 4.78 is 1.87. The van der Waals surface area contributed by atoms with Gasteiger partial charge in [-0.15, -0.1) is 0 Å². The van der Waals surface area contributed by atoms with Crippen molar-refractivity contribution < 1.29 is 0 Å². The van der Waals surface area contributed by atoms with Crippen LogP contribution in [0.1, 0.15) is 41.4 Å². The second-order valence-corrected chi connectivity index (χ2v) is 5.29. The first-order chi connectivity index (χ1) is 9.24. The molecule has 100 valence electrons. The van der Waals surface area contributed by atoms with Gasteiger partial charge in [0.15, 0.2) is 0 Å². The molecule has 1 aliphatic rings. The van der Waals surface area contributed by atoms with Crippen molar-refractivity contribution in [1.82, 2.24) is 20.1 Å². The van der Waals surface area contributed by atoms with E-state index in [1.54, 1.807) is 0 Å². The van der Waals surface area contributed by atoms with E-state index in [9.17, 15) is 0 Å². The molecule has 0 aliphatic heterocycles. The molecular formula is C15H20N4. The molecule has 0 aromatic carbocycles. The summed E-state index contributed by atoms with van der Waals surface area (Å²) in [5, 5.41) is 8.01. The SMILES string of the molecule is Cc1nn(C)cc1CNC1CCCc2cccnc21. The zero-order valence-electron chi connectivity index (χ0n) is 11.6. The van der Waals surface area contributed by atoms with E-state index in [4.69, 9.17) is 0 Å². The average molecular weight is 256 g/mol. The molecule has 0 saturated heterocycles. The molecule has 3 rings (SSSR count). The summed E-state index contributed by atoms with van der Waals surface area (Å²) >= 11 is 0. The van der Waals surface area contributed by atoms with Gasteiger partial charge in [-0.05, 0) is 37.8 Å². The van der Waals surface area contributed by atoms with Crippen LogP contribution in [0.15, 0.2) is 24.5 Å². The summed E-state index contributed by atoms with van der Waals surface area (Å²) in [6, 6.07) is 4.61. The van der Waals surface area contributed by atoms with Crippen LogP contribution >= 0.6 is 0 Å². The lowest BCUT2D eigenvalue weighted by Gasteiger charge is -2.25. The third kappa shape index (κ3) is 2.54. The minimum Gasteiger partial charge on any atom is -0.304 e. The van der Waals surface area contributed by atoms with Crippen LogP contribution in [0, 0.1) is 6.92 Å². The Morgan fingerprint density at radius 3 is 3.16 bits per heavy atom. The summed E-state index contributed by atoms with van der Waals surface area (Å²) in [4.78, 5) is 4.56. The number of nitrogens with one attached hydrogen (secondary N) is 1. The summed E-state index contributed by atoms with van der Waals surface area (Å²) in [6.45, 7) is 2.92. The molecule has 2 aromatic rings. The van der Waals surface area contributed by atoms with E-state index in [1.165, 1.54) is 29.7 Å². The van der Waals surface area contributed by atoms with Gasteiger partial charge in [-0.25, -0.2) is 0 Å². The fourth-order valence-electron chi connectivity index (χ4n) is 2.86. The van der Waals surface area contributed by atoms with Crippen molar-refractivity contribution in [2.24, 2.45) is 7.05 Å². The van der Waals surface area contributed by atoms with Crippen LogP contribution in [0.5, 0.6) is 0 Å². The zero-order valence-corrected chi connectivity index (χ0v) is 11.6. The van der Waals surface area contributed by atoms with Gasteiger partial charge in [0.1, 0.15) is 0 Å². The Morgan fingerprint density at radius 2 is 2.37 bits per heavy atom. The molecule has 19 heavy (non-hydrogen) atoms. The van der Waals surface area contributed by atoms with E-state index in [0.717, 1.165) is 18.7 Å². The van der Waals surface area contributed by atoms with Gasteiger partial charge in [-0.2, -0.15) is 5.10 Å². The lowest BCUT2D eigenvalue weighted by Crippen LogP contribution is -2.26. The minimum atomic E-state index is 0.379. The third-order valence-corrected chi connectivity index (χ3v) is 3.85. The molecule has 0 amide bonds. The quantitative estimate of drug-likeness (QED) is 0.916. The number of aromatic nitrogens is 3. The highest BCUT2D eigenvalue weighted by Gasteiger charge is 2.20. The van der Waals surface area contributed by atoms with Gasteiger partial charge in [0.25, 0.3) is 0 Å². The Morgan fingerprint density at radius 1 is 1.47 bits per heavy atom. The first kappa shape index (κ1) is 12.4. The Labute approximate surface area is 113 Å². The summed E-state index contributed by atoms with van der Waals surface area (Å²) in [6.07, 6.45) is 7.55. The number of hydrogen-bond donors (Lipinski definition) is 1. The molecule has 1 aliphatic carbocycles. The van der Waals surface area contributed by atoms with Crippen molar-refractivity contribution in [3.63, 3.8) is 0 Å². The molecule has 1 N–H and O–H groups in total. The zero-order chi connectivity index (χ0) is 13.2. The smallest absolute Gasteiger partial charge is 0.0638 e. The highest BCUT2D eigenvalue weighted by atomic mass is 15.3. The Hall–Kier alpha value is -1.68. The predicted octanol–water partition coefficient (Wildman–Crippen LogP) is 2.29. The monoisotopic (exact) mass is 256 g/mol. The van der Waals surface area contributed by atoms with Crippen LogP contribution in [0.3, 0.4) is 0 Å². The first-order valence-electron chi connectivity index (χ1n) is 6.90. The molecule has 2 aromatic heterocycles. The van der Waals surface area contributed by atoms with Gasteiger partial charge in [0, 0.05) is 31.5 Å². The molecule has 0 fully saturated rings. The van der Waals surface area contributed by atoms with Gasteiger partial charge in [0.05, 0.1) is 17.4 Å². The molecule has 1 atom stereocenters. The summed E-state index contributed by atoms with van der Waals surface area (Å²) in [5.41, 5.74) is 5.00. The summed E-state index contributed by atoms with van der Waals surface area (Å²) in [7, 11) is 1.97. The van der Waals surface area contributed by atoms with Crippen molar-refractivity contribution in [2.75, 3.05) is 0 Å². The van der Waals surface area contributed by atoms with Crippen LogP contribution in [-0.2, 0) is 20.0 Å². The summed E-state index contributed by atoms with van der Waals surface area (Å²) in [5.74, 6) is 0. The Bertz CT molecular complexity index is 573. The second-order valence-electron chi connectivity index (χ2n) is 5.29. The molecule has 4 nitrogen and oxygen atoms in total. The van der Waals surface area contributed by atoms with Crippen molar-refractivity contribution in [1.29, 1.82) is 0 Å². The van der Waals surface area contributed by atoms with Crippen LogP contribution in [0.25, 0.3) is 0 Å². The lowest BCUT2D eigenvalue weighted by molar-refractivity contribution is 0.447. The van der Waals surface area contributed by atoms with Crippen molar-refractivity contribution in [3.8, 4) is 0 Å². The second kappa shape index (κ2) is 5.13. The fourth-order valence-corrected chi connectivity index (χ4v) is 2.86. The third-order valence-electron chi connectivity index (χ3n) is 3.85. The van der Waals surface area contributed by atoms with Gasteiger partial charge < -0.3 is 5.32 Å². The standard InChI is InChI=1S/C15H20N4/c1-11-13(10-19(2)18-11)9-17-14-7-3-5-12-6-4-8-16-15(12)14/h4,6,8,10,14,17H,3,5,7,9H2,1-2H3. The maximum Gasteiger partial charge on any atom is 0.0638 e. The molecule has 1 unspecified atom stereocenters.